The Morgan fingerprint density at radius 3 is 3.12 bits per heavy atom. The molecule has 0 radical (unpaired) electrons. The van der Waals surface area contributed by atoms with Gasteiger partial charge in [0.25, 0.3) is 5.91 Å². The predicted octanol–water partition coefficient (Wildman–Crippen LogP) is 0.712. The van der Waals surface area contributed by atoms with Crippen molar-refractivity contribution >= 4 is 22.4 Å². The van der Waals surface area contributed by atoms with Gasteiger partial charge < -0.3 is 15.7 Å². The Hall–Kier alpha value is -1.14. The maximum atomic E-state index is 12.1. The van der Waals surface area contributed by atoms with E-state index in [0.29, 0.717) is 17.4 Å². The average Bonchev–Trinajstić information content (AvgIpc) is 2.75. The van der Waals surface area contributed by atoms with E-state index in [0.717, 1.165) is 19.3 Å². The molecule has 5 nitrogen and oxygen atoms in total. The number of carbonyl (C=O) groups excluding carboxylic acids is 1. The third kappa shape index (κ3) is 2.17. The minimum absolute atomic E-state index is 0.0192. The highest BCUT2D eigenvalue weighted by molar-refractivity contribution is 7.13. The summed E-state index contributed by atoms with van der Waals surface area (Å²) in [5.74, 6) is -0.119. The highest BCUT2D eigenvalue weighted by atomic mass is 32.1. The van der Waals surface area contributed by atoms with Crippen molar-refractivity contribution in [3.63, 3.8) is 0 Å². The molecule has 1 amide bonds. The number of nitrogens with zero attached hydrogens (tertiary/aromatic N) is 2. The van der Waals surface area contributed by atoms with E-state index < -0.39 is 0 Å². The monoisotopic (exact) mass is 241 g/mol. The second-order valence-corrected chi connectivity index (χ2v) is 4.79. The van der Waals surface area contributed by atoms with Gasteiger partial charge in [0.2, 0.25) is 0 Å². The highest BCUT2D eigenvalue weighted by Crippen LogP contribution is 2.20. The van der Waals surface area contributed by atoms with E-state index in [1.54, 1.807) is 10.3 Å². The number of piperidine rings is 1. The standard InChI is InChI=1S/C10H15N3O2S/c11-10-12-8(6-16-10)9(15)13-4-2-1-3-7(13)5-14/h6-7,14H,1-5H2,(H2,11,12). The molecule has 6 heteroatoms. The molecule has 2 heterocycles. The van der Waals surface area contributed by atoms with Gasteiger partial charge >= 0.3 is 0 Å². The molecule has 1 saturated heterocycles. The van der Waals surface area contributed by atoms with Crippen LogP contribution in [-0.4, -0.2) is 40.1 Å². The minimum Gasteiger partial charge on any atom is -0.394 e. The number of amides is 1. The normalized spacial score (nSPS) is 21.1. The average molecular weight is 241 g/mol. The first-order valence-corrected chi connectivity index (χ1v) is 6.23. The van der Waals surface area contributed by atoms with E-state index in [9.17, 15) is 9.90 Å². The lowest BCUT2D eigenvalue weighted by Crippen LogP contribution is -2.45. The molecule has 1 aliphatic rings. The summed E-state index contributed by atoms with van der Waals surface area (Å²) in [7, 11) is 0. The molecular formula is C10H15N3O2S. The first kappa shape index (κ1) is 11.3. The van der Waals surface area contributed by atoms with Crippen LogP contribution >= 0.6 is 11.3 Å². The number of aliphatic hydroxyl groups is 1. The van der Waals surface area contributed by atoms with Gasteiger partial charge in [-0.3, -0.25) is 4.79 Å². The van der Waals surface area contributed by atoms with Gasteiger partial charge in [0.15, 0.2) is 5.13 Å². The molecule has 1 aromatic rings. The van der Waals surface area contributed by atoms with E-state index in [1.807, 2.05) is 0 Å². The van der Waals surface area contributed by atoms with Crippen LogP contribution in [-0.2, 0) is 0 Å². The molecule has 16 heavy (non-hydrogen) atoms. The number of thiazole rings is 1. The lowest BCUT2D eigenvalue weighted by Gasteiger charge is -2.34. The third-order valence-electron chi connectivity index (χ3n) is 2.84. The molecular weight excluding hydrogens is 226 g/mol. The smallest absolute Gasteiger partial charge is 0.273 e. The molecule has 3 N–H and O–H groups in total. The van der Waals surface area contributed by atoms with Gasteiger partial charge in [-0.05, 0) is 19.3 Å². The van der Waals surface area contributed by atoms with Crippen LogP contribution < -0.4 is 5.73 Å². The van der Waals surface area contributed by atoms with E-state index in [1.165, 1.54) is 11.3 Å². The summed E-state index contributed by atoms with van der Waals surface area (Å²) in [5.41, 5.74) is 5.89. The summed E-state index contributed by atoms with van der Waals surface area (Å²) in [6, 6.07) is -0.0656. The fraction of sp³-hybridized carbons (Fsp3) is 0.600. The summed E-state index contributed by atoms with van der Waals surface area (Å²) in [6.45, 7) is 0.715. The fourth-order valence-corrected chi connectivity index (χ4v) is 2.53. The number of hydrogen-bond donors (Lipinski definition) is 2. The number of anilines is 1. The van der Waals surface area contributed by atoms with Crippen molar-refractivity contribution in [2.75, 3.05) is 18.9 Å². The largest absolute Gasteiger partial charge is 0.394 e. The number of likely N-dealkylation sites (tertiary alicyclic amines) is 1. The highest BCUT2D eigenvalue weighted by Gasteiger charge is 2.27. The van der Waals surface area contributed by atoms with Crippen LogP contribution in [0, 0.1) is 0 Å². The molecule has 1 atom stereocenters. The van der Waals surface area contributed by atoms with Gasteiger partial charge in [0.1, 0.15) is 5.69 Å². The van der Waals surface area contributed by atoms with Crippen molar-refractivity contribution in [3.8, 4) is 0 Å². The zero-order chi connectivity index (χ0) is 11.5. The SMILES string of the molecule is Nc1nc(C(=O)N2CCCCC2CO)cs1. The van der Waals surface area contributed by atoms with E-state index in [-0.39, 0.29) is 18.6 Å². The molecule has 0 saturated carbocycles. The quantitative estimate of drug-likeness (QED) is 0.799. The van der Waals surface area contributed by atoms with Crippen LogP contribution in [0.15, 0.2) is 5.38 Å². The molecule has 1 fully saturated rings. The minimum atomic E-state index is -0.119. The second-order valence-electron chi connectivity index (χ2n) is 3.90. The number of hydrogen-bond acceptors (Lipinski definition) is 5. The summed E-state index contributed by atoms with van der Waals surface area (Å²) >= 11 is 1.26. The third-order valence-corrected chi connectivity index (χ3v) is 3.51. The van der Waals surface area contributed by atoms with E-state index in [4.69, 9.17) is 5.73 Å². The number of aliphatic hydroxyl groups excluding tert-OH is 1. The van der Waals surface area contributed by atoms with Gasteiger partial charge in [0.05, 0.1) is 12.6 Å². The van der Waals surface area contributed by atoms with Crippen molar-refractivity contribution in [1.29, 1.82) is 0 Å². The van der Waals surface area contributed by atoms with Gasteiger partial charge in [0, 0.05) is 11.9 Å². The number of carbonyl (C=O) groups is 1. The maximum absolute atomic E-state index is 12.1. The molecule has 88 valence electrons. The Morgan fingerprint density at radius 2 is 2.50 bits per heavy atom. The molecule has 0 aromatic carbocycles. The lowest BCUT2D eigenvalue weighted by molar-refractivity contribution is 0.0498. The second kappa shape index (κ2) is 4.80. The predicted molar refractivity (Wildman–Crippen MR) is 62.3 cm³/mol. The molecule has 0 spiro atoms. The maximum Gasteiger partial charge on any atom is 0.273 e. The van der Waals surface area contributed by atoms with Gasteiger partial charge in [-0.1, -0.05) is 0 Å². The number of nitrogens with two attached hydrogens (primary N) is 1. The van der Waals surface area contributed by atoms with Crippen molar-refractivity contribution in [2.24, 2.45) is 0 Å². The zero-order valence-electron chi connectivity index (χ0n) is 8.93. The van der Waals surface area contributed by atoms with Crippen LogP contribution in [0.2, 0.25) is 0 Å². The molecule has 2 rings (SSSR count). The molecule has 0 bridgehead atoms. The first-order valence-electron chi connectivity index (χ1n) is 5.35. The van der Waals surface area contributed by atoms with Crippen LogP contribution in [0.1, 0.15) is 29.8 Å². The number of nitrogen functional groups attached to an aromatic ring is 1. The Morgan fingerprint density at radius 1 is 1.69 bits per heavy atom. The summed E-state index contributed by atoms with van der Waals surface area (Å²) in [6.07, 6.45) is 2.91. The van der Waals surface area contributed by atoms with Crippen LogP contribution in [0.3, 0.4) is 0 Å². The zero-order valence-corrected chi connectivity index (χ0v) is 9.74. The van der Waals surface area contributed by atoms with E-state index >= 15 is 0 Å². The van der Waals surface area contributed by atoms with Crippen LogP contribution in [0.5, 0.6) is 0 Å². The van der Waals surface area contributed by atoms with Crippen LogP contribution in [0.4, 0.5) is 5.13 Å². The fourth-order valence-electron chi connectivity index (χ4n) is 1.99. The Balaban J connectivity index is 2.13. The lowest BCUT2D eigenvalue weighted by atomic mass is 10.0. The van der Waals surface area contributed by atoms with Crippen molar-refractivity contribution in [2.45, 2.75) is 25.3 Å². The van der Waals surface area contributed by atoms with Crippen molar-refractivity contribution < 1.29 is 9.90 Å². The Kier molecular flexibility index (Phi) is 3.40. The molecule has 0 aliphatic carbocycles. The van der Waals surface area contributed by atoms with Gasteiger partial charge in [-0.15, -0.1) is 11.3 Å². The van der Waals surface area contributed by atoms with Crippen molar-refractivity contribution in [1.82, 2.24) is 9.88 Å². The number of aromatic nitrogens is 1. The van der Waals surface area contributed by atoms with Gasteiger partial charge in [-0.25, -0.2) is 4.98 Å². The molecule has 1 aromatic heterocycles. The van der Waals surface area contributed by atoms with Gasteiger partial charge in [-0.2, -0.15) is 0 Å². The molecule has 1 aliphatic heterocycles. The Labute approximate surface area is 97.9 Å². The first-order chi connectivity index (χ1) is 7.72. The van der Waals surface area contributed by atoms with Crippen molar-refractivity contribution in [3.05, 3.63) is 11.1 Å². The molecule has 1 unspecified atom stereocenters. The summed E-state index contributed by atoms with van der Waals surface area (Å²) in [5, 5.41) is 11.3. The number of rotatable bonds is 2. The summed E-state index contributed by atoms with van der Waals surface area (Å²) < 4.78 is 0. The summed E-state index contributed by atoms with van der Waals surface area (Å²) in [4.78, 5) is 17.8. The van der Waals surface area contributed by atoms with E-state index in [2.05, 4.69) is 4.98 Å². The topological polar surface area (TPSA) is 79.5 Å². The van der Waals surface area contributed by atoms with Crippen LogP contribution in [0.25, 0.3) is 0 Å². The Bertz CT molecular complexity index is 380.